The Labute approximate surface area is 86.9 Å². The first-order valence-electron chi connectivity index (χ1n) is 4.18. The number of nitrogens with zero attached hydrogens (tertiary/aromatic N) is 1. The van der Waals surface area contributed by atoms with Gasteiger partial charge in [0.25, 0.3) is 5.90 Å². The van der Waals surface area contributed by atoms with Crippen molar-refractivity contribution in [2.45, 2.75) is 0 Å². The van der Waals surface area contributed by atoms with Crippen molar-refractivity contribution in [3.63, 3.8) is 0 Å². The summed E-state index contributed by atoms with van der Waals surface area (Å²) in [5.41, 5.74) is 0.504. The monoisotopic (exact) mass is 209 g/mol. The zero-order valence-electron chi connectivity index (χ0n) is 8.43. The largest absolute Gasteiger partial charge is 0.478 e. The third-order valence-electron chi connectivity index (χ3n) is 1.76. The van der Waals surface area contributed by atoms with E-state index in [1.807, 2.05) is 0 Å². The average molecular weight is 209 g/mol. The van der Waals surface area contributed by atoms with Gasteiger partial charge in [-0.25, -0.2) is 4.79 Å². The fourth-order valence-corrected chi connectivity index (χ4v) is 1.14. The number of carbonyl (C=O) groups is 1. The quantitative estimate of drug-likeness (QED) is 0.463. The number of hydrogen-bond acceptors (Lipinski definition) is 4. The van der Waals surface area contributed by atoms with Crippen molar-refractivity contribution in [3.8, 4) is 0 Å². The van der Waals surface area contributed by atoms with E-state index in [9.17, 15) is 4.79 Å². The van der Waals surface area contributed by atoms with Crippen molar-refractivity contribution in [1.82, 2.24) is 0 Å². The number of carboxylic acids is 1. The molecule has 5 nitrogen and oxygen atoms in total. The Morgan fingerprint density at radius 2 is 1.87 bits per heavy atom. The van der Waals surface area contributed by atoms with E-state index < -0.39 is 5.97 Å². The molecule has 0 saturated heterocycles. The summed E-state index contributed by atoms with van der Waals surface area (Å²) in [5.74, 6) is -0.901. The summed E-state index contributed by atoms with van der Waals surface area (Å²) < 4.78 is 4.93. The maximum absolute atomic E-state index is 10.9. The SMILES string of the molecule is CON=C(OC)c1ccccc1C(=O)O. The normalized spacial score (nSPS) is 10.9. The van der Waals surface area contributed by atoms with E-state index in [1.165, 1.54) is 20.3 Å². The molecule has 1 aromatic rings. The van der Waals surface area contributed by atoms with E-state index in [4.69, 9.17) is 9.84 Å². The Hall–Kier alpha value is -2.04. The van der Waals surface area contributed by atoms with Gasteiger partial charge in [-0.1, -0.05) is 12.1 Å². The summed E-state index contributed by atoms with van der Waals surface area (Å²) in [6, 6.07) is 6.41. The molecule has 0 aliphatic rings. The Kier molecular flexibility index (Phi) is 3.68. The molecular formula is C10H11NO4. The lowest BCUT2D eigenvalue weighted by Crippen LogP contribution is -2.11. The summed E-state index contributed by atoms with van der Waals surface area (Å²) >= 11 is 0. The summed E-state index contributed by atoms with van der Waals surface area (Å²) in [5, 5.41) is 12.5. The molecule has 0 atom stereocenters. The van der Waals surface area contributed by atoms with Gasteiger partial charge in [-0.05, 0) is 17.3 Å². The van der Waals surface area contributed by atoms with Crippen LogP contribution < -0.4 is 0 Å². The van der Waals surface area contributed by atoms with Crippen molar-refractivity contribution in [1.29, 1.82) is 0 Å². The van der Waals surface area contributed by atoms with Crippen molar-refractivity contribution in [2.24, 2.45) is 5.16 Å². The molecule has 0 amide bonds. The van der Waals surface area contributed by atoms with Crippen LogP contribution >= 0.6 is 0 Å². The van der Waals surface area contributed by atoms with E-state index in [0.717, 1.165) is 0 Å². The van der Waals surface area contributed by atoms with Crippen molar-refractivity contribution >= 4 is 11.9 Å². The number of hydrogen-bond donors (Lipinski definition) is 1. The molecule has 0 heterocycles. The topological polar surface area (TPSA) is 68.1 Å². The average Bonchev–Trinajstić information content (AvgIpc) is 2.26. The molecule has 0 fully saturated rings. The van der Waals surface area contributed by atoms with Crippen LogP contribution in [0.2, 0.25) is 0 Å². The van der Waals surface area contributed by atoms with Crippen LogP contribution in [0.1, 0.15) is 15.9 Å². The van der Waals surface area contributed by atoms with Gasteiger partial charge in [0.15, 0.2) is 0 Å². The molecule has 0 aliphatic carbocycles. The molecule has 0 saturated carbocycles. The third kappa shape index (κ3) is 2.46. The number of ether oxygens (including phenoxy) is 1. The highest BCUT2D eigenvalue weighted by Crippen LogP contribution is 2.10. The van der Waals surface area contributed by atoms with Crippen LogP contribution in [0.5, 0.6) is 0 Å². The molecule has 0 spiro atoms. The van der Waals surface area contributed by atoms with Gasteiger partial charge < -0.3 is 14.7 Å². The Morgan fingerprint density at radius 1 is 1.27 bits per heavy atom. The molecule has 1 N–H and O–H groups in total. The molecule has 0 radical (unpaired) electrons. The van der Waals surface area contributed by atoms with E-state index in [0.29, 0.717) is 5.56 Å². The highest BCUT2D eigenvalue weighted by atomic mass is 16.6. The van der Waals surface area contributed by atoms with Gasteiger partial charge in [0.05, 0.1) is 18.2 Å². The standard InChI is InChI=1S/C10H11NO4/c1-14-9(11-15-2)7-5-3-4-6-8(7)10(12)13/h3-6H,1-2H3,(H,12,13). The van der Waals surface area contributed by atoms with Crippen LogP contribution in [0.3, 0.4) is 0 Å². The second kappa shape index (κ2) is 4.99. The number of aromatic carboxylic acids is 1. The number of carboxylic acid groups (broad SMARTS) is 1. The van der Waals surface area contributed by atoms with Gasteiger partial charge in [0.2, 0.25) is 0 Å². The zero-order valence-corrected chi connectivity index (χ0v) is 8.43. The lowest BCUT2D eigenvalue weighted by atomic mass is 10.1. The molecule has 0 unspecified atom stereocenters. The summed E-state index contributed by atoms with van der Waals surface area (Å²) in [7, 11) is 2.76. The van der Waals surface area contributed by atoms with Crippen LogP contribution in [-0.4, -0.2) is 31.2 Å². The molecular weight excluding hydrogens is 198 g/mol. The van der Waals surface area contributed by atoms with Crippen LogP contribution in [0.15, 0.2) is 29.4 Å². The number of rotatable bonds is 3. The molecule has 1 aromatic carbocycles. The first-order chi connectivity index (χ1) is 7.20. The first kappa shape index (κ1) is 11.0. The minimum atomic E-state index is -1.04. The molecule has 0 aliphatic heterocycles. The smallest absolute Gasteiger partial charge is 0.336 e. The fraction of sp³-hybridized carbons (Fsp3) is 0.200. The van der Waals surface area contributed by atoms with Gasteiger partial charge in [-0.2, -0.15) is 0 Å². The van der Waals surface area contributed by atoms with E-state index >= 15 is 0 Å². The predicted octanol–water partition coefficient (Wildman–Crippen LogP) is 1.34. The molecule has 80 valence electrons. The minimum Gasteiger partial charge on any atom is -0.478 e. The number of benzene rings is 1. The summed E-state index contributed by atoms with van der Waals surface area (Å²) in [4.78, 5) is 15.4. The minimum absolute atomic E-state index is 0.121. The lowest BCUT2D eigenvalue weighted by Gasteiger charge is -2.06. The van der Waals surface area contributed by atoms with E-state index in [-0.39, 0.29) is 11.5 Å². The maximum atomic E-state index is 10.9. The Morgan fingerprint density at radius 3 is 2.33 bits per heavy atom. The highest BCUT2D eigenvalue weighted by Gasteiger charge is 2.14. The van der Waals surface area contributed by atoms with Crippen LogP contribution in [0.25, 0.3) is 0 Å². The van der Waals surface area contributed by atoms with Gasteiger partial charge in [0, 0.05) is 0 Å². The van der Waals surface area contributed by atoms with Gasteiger partial charge >= 0.3 is 5.97 Å². The maximum Gasteiger partial charge on any atom is 0.336 e. The van der Waals surface area contributed by atoms with Crippen LogP contribution in [-0.2, 0) is 9.57 Å². The molecule has 0 aromatic heterocycles. The Balaban J connectivity index is 3.23. The second-order valence-electron chi connectivity index (χ2n) is 2.63. The Bertz CT molecular complexity index is 387. The zero-order chi connectivity index (χ0) is 11.3. The molecule has 5 heteroatoms. The molecule has 15 heavy (non-hydrogen) atoms. The van der Waals surface area contributed by atoms with E-state index in [1.54, 1.807) is 18.2 Å². The van der Waals surface area contributed by atoms with Gasteiger partial charge in [0.1, 0.15) is 7.11 Å². The van der Waals surface area contributed by atoms with Crippen molar-refractivity contribution in [2.75, 3.05) is 14.2 Å². The van der Waals surface area contributed by atoms with E-state index in [2.05, 4.69) is 9.99 Å². The van der Waals surface area contributed by atoms with Crippen LogP contribution in [0.4, 0.5) is 0 Å². The molecule has 0 bridgehead atoms. The third-order valence-corrected chi connectivity index (χ3v) is 1.76. The van der Waals surface area contributed by atoms with Crippen LogP contribution in [0, 0.1) is 0 Å². The van der Waals surface area contributed by atoms with Gasteiger partial charge in [-0.15, -0.1) is 0 Å². The highest BCUT2D eigenvalue weighted by molar-refractivity contribution is 6.04. The second-order valence-corrected chi connectivity index (χ2v) is 2.63. The van der Waals surface area contributed by atoms with Crippen molar-refractivity contribution in [3.05, 3.63) is 35.4 Å². The molecule has 1 rings (SSSR count). The fourth-order valence-electron chi connectivity index (χ4n) is 1.14. The van der Waals surface area contributed by atoms with Crippen molar-refractivity contribution < 1.29 is 19.5 Å². The number of oxime groups is 1. The summed E-state index contributed by atoms with van der Waals surface area (Å²) in [6.45, 7) is 0. The van der Waals surface area contributed by atoms with Gasteiger partial charge in [-0.3, -0.25) is 0 Å². The summed E-state index contributed by atoms with van der Waals surface area (Å²) in [6.07, 6.45) is 0. The number of methoxy groups -OCH3 is 1. The lowest BCUT2D eigenvalue weighted by molar-refractivity contribution is 0.0696. The first-order valence-corrected chi connectivity index (χ1v) is 4.18. The predicted molar refractivity (Wildman–Crippen MR) is 54.0 cm³/mol.